The molecule has 0 bridgehead atoms. The topological polar surface area (TPSA) is 62.3 Å². The molecule has 0 amide bonds. The van der Waals surface area contributed by atoms with Crippen molar-refractivity contribution in [3.63, 3.8) is 0 Å². The van der Waals surface area contributed by atoms with Crippen molar-refractivity contribution in [3.05, 3.63) is 12.3 Å². The van der Waals surface area contributed by atoms with E-state index in [9.17, 15) is 0 Å². The molecule has 2 N–H and O–H groups in total. The summed E-state index contributed by atoms with van der Waals surface area (Å²) in [6.45, 7) is 5.72. The zero-order valence-corrected chi connectivity index (χ0v) is 11.1. The summed E-state index contributed by atoms with van der Waals surface area (Å²) in [6, 6.07) is 1.97. The van der Waals surface area contributed by atoms with Crippen LogP contribution in [0.15, 0.2) is 12.3 Å². The number of hydrogen-bond acceptors (Lipinski definition) is 6. The Morgan fingerprint density at radius 1 is 1.42 bits per heavy atom. The Hall–Kier alpha value is -1.40. The smallest absolute Gasteiger partial charge is 0.224 e. The van der Waals surface area contributed by atoms with E-state index in [1.54, 1.807) is 0 Å². The van der Waals surface area contributed by atoms with Crippen LogP contribution in [-0.4, -0.2) is 55.4 Å². The number of hydrogen-bond donors (Lipinski definition) is 2. The number of nitrogens with one attached hydrogen (secondary N) is 2. The van der Waals surface area contributed by atoms with Gasteiger partial charge in [-0.3, -0.25) is 0 Å². The van der Waals surface area contributed by atoms with Crippen molar-refractivity contribution in [2.75, 3.05) is 49.5 Å². The minimum Gasteiger partial charge on any atom is -0.376 e. The quantitative estimate of drug-likeness (QED) is 0.824. The molecule has 0 aromatic carbocycles. The molecule has 104 valence electrons. The van der Waals surface area contributed by atoms with E-state index in [1.165, 1.54) is 0 Å². The fraction of sp³-hybridized carbons (Fsp3) is 0.692. The molecule has 6 heteroatoms. The third-order valence-corrected chi connectivity index (χ3v) is 3.59. The molecule has 1 unspecified atom stereocenters. The molecule has 0 spiro atoms. The lowest BCUT2D eigenvalue weighted by Gasteiger charge is -2.28. The van der Waals surface area contributed by atoms with Crippen molar-refractivity contribution in [1.82, 2.24) is 15.3 Å². The maximum atomic E-state index is 5.58. The number of rotatable bonds is 4. The molecule has 2 aliphatic heterocycles. The monoisotopic (exact) mass is 263 g/mol. The summed E-state index contributed by atoms with van der Waals surface area (Å²) in [6.07, 6.45) is 4.42. The molecule has 1 aromatic rings. The Labute approximate surface area is 113 Å². The van der Waals surface area contributed by atoms with Gasteiger partial charge in [0.15, 0.2) is 0 Å². The van der Waals surface area contributed by atoms with E-state index in [-0.39, 0.29) is 0 Å². The second-order valence-corrected chi connectivity index (χ2v) is 4.99. The Morgan fingerprint density at radius 2 is 2.32 bits per heavy atom. The predicted molar refractivity (Wildman–Crippen MR) is 74.6 cm³/mol. The van der Waals surface area contributed by atoms with Crippen molar-refractivity contribution < 1.29 is 4.74 Å². The van der Waals surface area contributed by atoms with Gasteiger partial charge >= 0.3 is 0 Å². The summed E-state index contributed by atoms with van der Waals surface area (Å²) in [5.41, 5.74) is 0. The molecule has 19 heavy (non-hydrogen) atoms. The summed E-state index contributed by atoms with van der Waals surface area (Å²) in [4.78, 5) is 11.1. The van der Waals surface area contributed by atoms with Gasteiger partial charge in [-0.1, -0.05) is 0 Å². The lowest BCUT2D eigenvalue weighted by atomic mass is 10.2. The fourth-order valence-corrected chi connectivity index (χ4v) is 2.51. The van der Waals surface area contributed by atoms with Gasteiger partial charge in [0.2, 0.25) is 5.95 Å². The number of nitrogens with zero attached hydrogens (tertiary/aromatic N) is 3. The molecule has 1 aromatic heterocycles. The van der Waals surface area contributed by atoms with Gasteiger partial charge in [-0.25, -0.2) is 4.98 Å². The van der Waals surface area contributed by atoms with Crippen LogP contribution in [0.5, 0.6) is 0 Å². The first kappa shape index (κ1) is 12.6. The van der Waals surface area contributed by atoms with Crippen molar-refractivity contribution in [1.29, 1.82) is 0 Å². The summed E-state index contributed by atoms with van der Waals surface area (Å²) in [5.74, 6) is 1.71. The van der Waals surface area contributed by atoms with Gasteiger partial charge in [0.1, 0.15) is 5.82 Å². The molecule has 3 heterocycles. The van der Waals surface area contributed by atoms with Gasteiger partial charge in [0.25, 0.3) is 0 Å². The van der Waals surface area contributed by atoms with E-state index in [0.717, 1.165) is 58.0 Å². The highest BCUT2D eigenvalue weighted by Crippen LogP contribution is 2.15. The van der Waals surface area contributed by atoms with Crippen molar-refractivity contribution >= 4 is 11.8 Å². The minimum atomic E-state index is 0.312. The normalized spacial score (nSPS) is 23.6. The number of piperazine rings is 1. The van der Waals surface area contributed by atoms with Crippen molar-refractivity contribution in [2.24, 2.45) is 0 Å². The largest absolute Gasteiger partial charge is 0.376 e. The number of anilines is 2. The molecular formula is C13H21N5O. The van der Waals surface area contributed by atoms with E-state index in [0.29, 0.717) is 12.1 Å². The first-order valence-electron chi connectivity index (χ1n) is 7.06. The van der Waals surface area contributed by atoms with Crippen LogP contribution in [0.3, 0.4) is 0 Å². The Bertz CT molecular complexity index is 402. The molecular weight excluding hydrogens is 242 g/mol. The molecule has 0 aliphatic carbocycles. The third kappa shape index (κ3) is 3.33. The highest BCUT2D eigenvalue weighted by molar-refractivity contribution is 5.43. The number of ether oxygens (including phenoxy) is 1. The van der Waals surface area contributed by atoms with Crippen molar-refractivity contribution in [3.8, 4) is 0 Å². The SMILES string of the molecule is c1cc(N2CCNCC2)nc(NCC2CCCO2)n1. The first-order valence-corrected chi connectivity index (χ1v) is 7.06. The standard InChI is InChI=1S/C13H21N5O/c1-2-11(19-9-1)10-16-13-15-4-3-12(17-13)18-7-5-14-6-8-18/h3-4,11,14H,1-2,5-10H2,(H,15,16,17). The van der Waals surface area contributed by atoms with E-state index in [1.807, 2.05) is 12.3 Å². The maximum Gasteiger partial charge on any atom is 0.224 e. The average Bonchev–Trinajstić information content (AvgIpc) is 3.00. The van der Waals surface area contributed by atoms with Gasteiger partial charge in [-0.15, -0.1) is 0 Å². The summed E-state index contributed by atoms with van der Waals surface area (Å²) in [7, 11) is 0. The zero-order chi connectivity index (χ0) is 12.9. The van der Waals surface area contributed by atoms with Crippen LogP contribution in [0.25, 0.3) is 0 Å². The van der Waals surface area contributed by atoms with E-state index >= 15 is 0 Å². The molecule has 6 nitrogen and oxygen atoms in total. The molecule has 3 rings (SSSR count). The van der Waals surface area contributed by atoms with Crippen LogP contribution in [0, 0.1) is 0 Å². The van der Waals surface area contributed by atoms with Crippen LogP contribution >= 0.6 is 0 Å². The molecule has 0 radical (unpaired) electrons. The molecule has 2 saturated heterocycles. The van der Waals surface area contributed by atoms with E-state index < -0.39 is 0 Å². The highest BCUT2D eigenvalue weighted by Gasteiger charge is 2.16. The van der Waals surface area contributed by atoms with Crippen LogP contribution in [0.1, 0.15) is 12.8 Å². The summed E-state index contributed by atoms with van der Waals surface area (Å²) in [5, 5.41) is 6.62. The first-order chi connectivity index (χ1) is 9.42. The number of aromatic nitrogens is 2. The van der Waals surface area contributed by atoms with Gasteiger partial charge in [0, 0.05) is 45.5 Å². The van der Waals surface area contributed by atoms with Crippen molar-refractivity contribution in [2.45, 2.75) is 18.9 Å². The fourth-order valence-electron chi connectivity index (χ4n) is 2.51. The molecule has 2 aliphatic rings. The average molecular weight is 263 g/mol. The second kappa shape index (κ2) is 6.16. The van der Waals surface area contributed by atoms with Gasteiger partial charge in [-0.05, 0) is 18.9 Å². The highest BCUT2D eigenvalue weighted by atomic mass is 16.5. The Balaban J connectivity index is 1.58. The zero-order valence-electron chi connectivity index (χ0n) is 11.1. The molecule has 1 atom stereocenters. The van der Waals surface area contributed by atoms with Gasteiger partial charge in [-0.2, -0.15) is 4.98 Å². The van der Waals surface area contributed by atoms with E-state index in [4.69, 9.17) is 4.74 Å². The van der Waals surface area contributed by atoms with Crippen LogP contribution in [0.4, 0.5) is 11.8 Å². The third-order valence-electron chi connectivity index (χ3n) is 3.59. The van der Waals surface area contributed by atoms with Crippen LogP contribution in [0.2, 0.25) is 0 Å². The lowest BCUT2D eigenvalue weighted by Crippen LogP contribution is -2.43. The van der Waals surface area contributed by atoms with Crippen LogP contribution in [-0.2, 0) is 4.74 Å². The lowest BCUT2D eigenvalue weighted by molar-refractivity contribution is 0.120. The van der Waals surface area contributed by atoms with E-state index in [2.05, 4.69) is 25.5 Å². The molecule has 0 saturated carbocycles. The summed E-state index contributed by atoms with van der Waals surface area (Å²) < 4.78 is 5.58. The predicted octanol–water partition coefficient (Wildman–Crippen LogP) is 0.477. The minimum absolute atomic E-state index is 0.312. The second-order valence-electron chi connectivity index (χ2n) is 4.99. The Kier molecular flexibility index (Phi) is 4.10. The maximum absolute atomic E-state index is 5.58. The van der Waals surface area contributed by atoms with Gasteiger partial charge < -0.3 is 20.3 Å². The van der Waals surface area contributed by atoms with Gasteiger partial charge in [0.05, 0.1) is 6.10 Å². The van der Waals surface area contributed by atoms with Crippen LogP contribution < -0.4 is 15.5 Å². The molecule has 2 fully saturated rings. The Morgan fingerprint density at radius 3 is 3.11 bits per heavy atom. The summed E-state index contributed by atoms with van der Waals surface area (Å²) >= 11 is 0.